The monoisotopic (exact) mass is 210 g/mol. The molecule has 0 spiro atoms. The number of aliphatic carboxylic acids is 1. The second kappa shape index (κ2) is 3.32. The quantitative estimate of drug-likeness (QED) is 0.778. The third kappa shape index (κ3) is 1.40. The predicted octanol–water partition coefficient (Wildman–Crippen LogP) is 2.39. The van der Waals surface area contributed by atoms with Gasteiger partial charge in [-0.3, -0.25) is 9.59 Å². The third-order valence-electron chi connectivity index (χ3n) is 4.61. The Labute approximate surface area is 89.9 Å². The lowest BCUT2D eigenvalue weighted by Crippen LogP contribution is -2.49. The minimum absolute atomic E-state index is 0.147. The van der Waals surface area contributed by atoms with Crippen molar-refractivity contribution >= 4 is 11.8 Å². The van der Waals surface area contributed by atoms with Crippen LogP contribution in [0.2, 0.25) is 0 Å². The van der Waals surface area contributed by atoms with Crippen molar-refractivity contribution in [1.82, 2.24) is 0 Å². The maximum absolute atomic E-state index is 11.9. The van der Waals surface area contributed by atoms with Gasteiger partial charge in [0.15, 0.2) is 0 Å². The molecule has 3 aliphatic carbocycles. The number of fused-ring (bicyclic) bond motifs is 3. The summed E-state index contributed by atoms with van der Waals surface area (Å²) in [4.78, 5) is 23.1. The molecule has 0 aliphatic heterocycles. The highest BCUT2D eigenvalue weighted by Gasteiger charge is 2.54. The zero-order valence-electron chi connectivity index (χ0n) is 9.21. The molecule has 2 bridgehead atoms. The number of ketones is 1. The van der Waals surface area contributed by atoms with Gasteiger partial charge in [0.1, 0.15) is 5.78 Å². The Kier molecular flexibility index (Phi) is 2.36. The molecule has 0 radical (unpaired) electrons. The van der Waals surface area contributed by atoms with Crippen molar-refractivity contribution in [3.8, 4) is 0 Å². The van der Waals surface area contributed by atoms with E-state index in [1.807, 2.05) is 6.92 Å². The number of Topliss-reactive ketones (excluding diaryl/α,β-unsaturated/α-hetero) is 1. The Morgan fingerprint density at radius 2 is 1.40 bits per heavy atom. The molecule has 3 saturated carbocycles. The van der Waals surface area contributed by atoms with Gasteiger partial charge in [-0.25, -0.2) is 0 Å². The van der Waals surface area contributed by atoms with Gasteiger partial charge in [-0.2, -0.15) is 0 Å². The lowest BCUT2D eigenvalue weighted by molar-refractivity contribution is -0.162. The Morgan fingerprint density at radius 1 is 1.00 bits per heavy atom. The zero-order valence-corrected chi connectivity index (χ0v) is 9.21. The summed E-state index contributed by atoms with van der Waals surface area (Å²) in [6, 6.07) is 0. The van der Waals surface area contributed by atoms with Gasteiger partial charge < -0.3 is 5.11 Å². The molecular weight excluding hydrogens is 192 g/mol. The molecule has 0 aromatic rings. The average Bonchev–Trinajstić information content (AvgIpc) is 2.30. The summed E-state index contributed by atoms with van der Waals surface area (Å²) in [5, 5.41) is 9.21. The van der Waals surface area contributed by atoms with Crippen molar-refractivity contribution < 1.29 is 14.7 Å². The Bertz CT molecular complexity index is 281. The van der Waals surface area contributed by atoms with Crippen LogP contribution in [0.4, 0.5) is 0 Å². The Morgan fingerprint density at radius 3 is 1.73 bits per heavy atom. The number of rotatable bonds is 3. The van der Waals surface area contributed by atoms with Crippen LogP contribution in [0, 0.1) is 10.8 Å². The van der Waals surface area contributed by atoms with Crippen LogP contribution < -0.4 is 0 Å². The summed E-state index contributed by atoms with van der Waals surface area (Å²) in [5.74, 6) is -0.305. The van der Waals surface area contributed by atoms with Gasteiger partial charge in [-0.15, -0.1) is 0 Å². The first kappa shape index (κ1) is 10.7. The largest absolute Gasteiger partial charge is 0.481 e. The molecule has 3 aliphatic rings. The first-order valence-corrected chi connectivity index (χ1v) is 5.81. The van der Waals surface area contributed by atoms with Gasteiger partial charge in [0.25, 0.3) is 0 Å². The van der Waals surface area contributed by atoms with Crippen molar-refractivity contribution in [2.45, 2.75) is 51.9 Å². The molecule has 0 aromatic heterocycles. The van der Waals surface area contributed by atoms with E-state index in [1.165, 1.54) is 0 Å². The number of carbonyl (C=O) groups is 2. The molecular formula is C12H18O3. The second-order valence-electron chi connectivity index (χ2n) is 5.14. The lowest BCUT2D eigenvalue weighted by Gasteiger charge is -2.50. The van der Waals surface area contributed by atoms with Crippen LogP contribution in [0.5, 0.6) is 0 Å². The summed E-state index contributed by atoms with van der Waals surface area (Å²) in [7, 11) is 0. The molecule has 0 amide bonds. The maximum atomic E-state index is 11.9. The second-order valence-corrected chi connectivity index (χ2v) is 5.14. The number of carboxylic acid groups (broad SMARTS) is 1. The molecule has 15 heavy (non-hydrogen) atoms. The minimum Gasteiger partial charge on any atom is -0.481 e. The van der Waals surface area contributed by atoms with Gasteiger partial charge in [-0.05, 0) is 38.5 Å². The number of hydrogen-bond acceptors (Lipinski definition) is 2. The van der Waals surface area contributed by atoms with E-state index in [2.05, 4.69) is 0 Å². The summed E-state index contributed by atoms with van der Waals surface area (Å²) < 4.78 is 0. The number of hydrogen-bond donors (Lipinski definition) is 1. The lowest BCUT2D eigenvalue weighted by atomic mass is 9.52. The predicted molar refractivity (Wildman–Crippen MR) is 55.5 cm³/mol. The fourth-order valence-electron chi connectivity index (χ4n) is 3.30. The highest BCUT2D eigenvalue weighted by molar-refractivity contribution is 5.86. The highest BCUT2D eigenvalue weighted by atomic mass is 16.4. The normalized spacial score (nSPS) is 39.0. The van der Waals surface area contributed by atoms with Crippen LogP contribution in [0.3, 0.4) is 0 Å². The van der Waals surface area contributed by atoms with Crippen molar-refractivity contribution in [3.63, 3.8) is 0 Å². The van der Waals surface area contributed by atoms with Gasteiger partial charge in [-0.1, -0.05) is 6.92 Å². The van der Waals surface area contributed by atoms with Crippen LogP contribution in [0.15, 0.2) is 0 Å². The van der Waals surface area contributed by atoms with Crippen LogP contribution in [-0.2, 0) is 9.59 Å². The van der Waals surface area contributed by atoms with Crippen molar-refractivity contribution in [3.05, 3.63) is 0 Å². The van der Waals surface area contributed by atoms with Crippen LogP contribution in [-0.4, -0.2) is 16.9 Å². The minimum atomic E-state index is -0.653. The molecule has 0 heterocycles. The molecule has 3 fully saturated rings. The smallest absolute Gasteiger partial charge is 0.309 e. The fourth-order valence-corrected chi connectivity index (χ4v) is 3.30. The van der Waals surface area contributed by atoms with Crippen molar-refractivity contribution in [1.29, 1.82) is 0 Å². The molecule has 3 rings (SSSR count). The fraction of sp³-hybridized carbons (Fsp3) is 0.833. The molecule has 0 aromatic carbocycles. The maximum Gasteiger partial charge on any atom is 0.309 e. The standard InChI is InChI=1S/C12H18O3/c1-2-9(13)11-3-6-12(7-4-11,8-5-11)10(14)15/h2-8H2,1H3,(H,14,15). The summed E-state index contributed by atoms with van der Waals surface area (Å²) in [5.41, 5.74) is -0.637. The third-order valence-corrected chi connectivity index (χ3v) is 4.61. The summed E-state index contributed by atoms with van der Waals surface area (Å²) in [6.45, 7) is 1.91. The summed E-state index contributed by atoms with van der Waals surface area (Å²) in [6.07, 6.45) is 5.10. The van der Waals surface area contributed by atoms with E-state index in [9.17, 15) is 14.7 Å². The molecule has 0 unspecified atom stereocenters. The number of carboxylic acids is 1. The molecule has 0 saturated heterocycles. The van der Waals surface area contributed by atoms with E-state index in [1.54, 1.807) is 0 Å². The Hall–Kier alpha value is -0.860. The average molecular weight is 210 g/mol. The van der Waals surface area contributed by atoms with E-state index < -0.39 is 11.4 Å². The topological polar surface area (TPSA) is 54.4 Å². The van der Waals surface area contributed by atoms with E-state index in [-0.39, 0.29) is 5.41 Å². The van der Waals surface area contributed by atoms with Gasteiger partial charge >= 0.3 is 5.97 Å². The number of carbonyl (C=O) groups excluding carboxylic acids is 1. The van der Waals surface area contributed by atoms with Crippen LogP contribution in [0.25, 0.3) is 0 Å². The highest BCUT2D eigenvalue weighted by Crippen LogP contribution is 2.57. The van der Waals surface area contributed by atoms with Crippen LogP contribution >= 0.6 is 0 Å². The van der Waals surface area contributed by atoms with E-state index in [0.717, 1.165) is 19.3 Å². The SMILES string of the molecule is CCC(=O)C12CCC(C(=O)O)(CC1)CC2. The van der Waals surface area contributed by atoms with Gasteiger partial charge in [0, 0.05) is 11.8 Å². The van der Waals surface area contributed by atoms with E-state index >= 15 is 0 Å². The van der Waals surface area contributed by atoms with E-state index in [4.69, 9.17) is 0 Å². The molecule has 1 N–H and O–H groups in total. The Balaban J connectivity index is 2.17. The van der Waals surface area contributed by atoms with Gasteiger partial charge in [0.05, 0.1) is 5.41 Å². The first-order valence-electron chi connectivity index (χ1n) is 5.81. The van der Waals surface area contributed by atoms with Crippen molar-refractivity contribution in [2.75, 3.05) is 0 Å². The summed E-state index contributed by atoms with van der Waals surface area (Å²) >= 11 is 0. The molecule has 3 nitrogen and oxygen atoms in total. The van der Waals surface area contributed by atoms with E-state index in [0.29, 0.717) is 31.5 Å². The molecule has 0 atom stereocenters. The van der Waals surface area contributed by atoms with Crippen LogP contribution in [0.1, 0.15) is 51.9 Å². The molecule has 3 heteroatoms. The van der Waals surface area contributed by atoms with Gasteiger partial charge in [0.2, 0.25) is 0 Å². The van der Waals surface area contributed by atoms with Crippen molar-refractivity contribution in [2.24, 2.45) is 10.8 Å². The molecule has 84 valence electrons. The zero-order chi connectivity index (χ0) is 11.1. The first-order chi connectivity index (χ1) is 7.05.